The van der Waals surface area contributed by atoms with Gasteiger partial charge in [-0.05, 0) is 53.6 Å². The van der Waals surface area contributed by atoms with Crippen LogP contribution in [0.2, 0.25) is 0 Å². The van der Waals surface area contributed by atoms with E-state index < -0.39 is 10.0 Å². The molecule has 2 amide bonds. The Labute approximate surface area is 271 Å². The van der Waals surface area contributed by atoms with Gasteiger partial charge in [-0.15, -0.1) is 11.3 Å². The number of anilines is 1. The summed E-state index contributed by atoms with van der Waals surface area (Å²) < 4.78 is 33.9. The van der Waals surface area contributed by atoms with Crippen LogP contribution < -0.4 is 5.32 Å². The first-order valence-corrected chi connectivity index (χ1v) is 18.0. The number of morpholine rings is 1. The molecule has 0 spiro atoms. The minimum atomic E-state index is -3.71. The molecule has 0 radical (unpaired) electrons. The van der Waals surface area contributed by atoms with E-state index in [0.29, 0.717) is 62.1 Å². The highest BCUT2D eigenvalue weighted by Gasteiger charge is 2.32. The monoisotopic (exact) mass is 652 g/mol. The van der Waals surface area contributed by atoms with Crippen LogP contribution >= 0.6 is 11.3 Å². The van der Waals surface area contributed by atoms with Crippen LogP contribution in [-0.2, 0) is 34.3 Å². The standard InChI is InChI=1S/C34H44N4O5S2/c1-24(2)20-38(21-25(3)4)45(41,42)28-12-10-27(11-13-28)32(39)35-33-31(34(40)37-16-18-43-19-17-37)29-14-15-36(23-30(29)44-33)22-26-8-6-5-7-9-26/h5-13,24-25H,14-23H2,1-4H3,(H,35,39). The number of carbonyl (C=O) groups excluding carboxylic acids is 2. The Hall–Kier alpha value is -3.09. The van der Waals surface area contributed by atoms with Crippen molar-refractivity contribution in [2.45, 2.75) is 52.1 Å². The number of nitrogens with one attached hydrogen (secondary N) is 1. The molecule has 0 unspecified atom stereocenters. The molecule has 2 aliphatic rings. The van der Waals surface area contributed by atoms with Crippen LogP contribution in [-0.4, -0.2) is 80.3 Å². The van der Waals surface area contributed by atoms with Crippen LogP contribution in [0.1, 0.15) is 64.4 Å². The van der Waals surface area contributed by atoms with Crippen LogP contribution in [0, 0.1) is 11.8 Å². The molecule has 2 aliphatic heterocycles. The Kier molecular flexibility index (Phi) is 10.8. The molecule has 242 valence electrons. The molecule has 1 fully saturated rings. The maximum absolute atomic E-state index is 13.9. The Bertz CT molecular complexity index is 1570. The summed E-state index contributed by atoms with van der Waals surface area (Å²) in [5, 5.41) is 3.57. The van der Waals surface area contributed by atoms with Gasteiger partial charge >= 0.3 is 0 Å². The molecule has 0 atom stereocenters. The van der Waals surface area contributed by atoms with Gasteiger partial charge in [0.25, 0.3) is 11.8 Å². The van der Waals surface area contributed by atoms with E-state index in [-0.39, 0.29) is 28.5 Å². The molecular formula is C34H44N4O5S2. The molecule has 3 heterocycles. The van der Waals surface area contributed by atoms with Crippen molar-refractivity contribution in [3.05, 3.63) is 81.7 Å². The summed E-state index contributed by atoms with van der Waals surface area (Å²) in [5.74, 6) is -0.102. The van der Waals surface area contributed by atoms with Crippen molar-refractivity contribution in [1.29, 1.82) is 0 Å². The van der Waals surface area contributed by atoms with Gasteiger partial charge in [0.1, 0.15) is 5.00 Å². The second kappa shape index (κ2) is 14.6. The molecule has 3 aromatic rings. The van der Waals surface area contributed by atoms with Gasteiger partial charge < -0.3 is 15.0 Å². The lowest BCUT2D eigenvalue weighted by atomic mass is 10.0. The zero-order valence-corrected chi connectivity index (χ0v) is 28.3. The fraction of sp³-hybridized carbons (Fsp3) is 0.471. The zero-order valence-electron chi connectivity index (χ0n) is 26.6. The summed E-state index contributed by atoms with van der Waals surface area (Å²) >= 11 is 1.46. The number of benzene rings is 2. The Morgan fingerprint density at radius 2 is 1.58 bits per heavy atom. The van der Waals surface area contributed by atoms with Crippen LogP contribution in [0.3, 0.4) is 0 Å². The largest absolute Gasteiger partial charge is 0.378 e. The minimum absolute atomic E-state index is 0.0838. The van der Waals surface area contributed by atoms with Crippen LogP contribution in [0.15, 0.2) is 59.5 Å². The predicted octanol–water partition coefficient (Wildman–Crippen LogP) is 5.33. The lowest BCUT2D eigenvalue weighted by Crippen LogP contribution is -2.41. The topological polar surface area (TPSA) is 99.3 Å². The normalized spacial score (nSPS) is 15.9. The predicted molar refractivity (Wildman–Crippen MR) is 178 cm³/mol. The van der Waals surface area contributed by atoms with Gasteiger partial charge in [0, 0.05) is 56.3 Å². The van der Waals surface area contributed by atoms with Gasteiger partial charge in [0.05, 0.1) is 23.7 Å². The van der Waals surface area contributed by atoms with Crippen molar-refractivity contribution < 1.29 is 22.7 Å². The molecule has 2 aromatic carbocycles. The highest BCUT2D eigenvalue weighted by molar-refractivity contribution is 7.89. The Morgan fingerprint density at radius 3 is 2.20 bits per heavy atom. The summed E-state index contributed by atoms with van der Waals surface area (Å²) in [6.45, 7) is 13.2. The van der Waals surface area contributed by atoms with E-state index in [1.54, 1.807) is 17.0 Å². The number of amides is 2. The third-order valence-corrected chi connectivity index (χ3v) is 11.0. The van der Waals surface area contributed by atoms with Crippen molar-refractivity contribution >= 4 is 38.2 Å². The fourth-order valence-corrected chi connectivity index (χ4v) is 8.90. The number of hydrogen-bond acceptors (Lipinski definition) is 7. The molecule has 0 saturated carbocycles. The SMILES string of the molecule is CC(C)CN(CC(C)C)S(=O)(=O)c1ccc(C(=O)Nc2sc3c(c2C(=O)N2CCOCC2)CCN(Cc2ccccc2)C3)cc1. The van der Waals surface area contributed by atoms with E-state index in [1.807, 2.05) is 45.9 Å². The number of sulfonamides is 1. The molecule has 5 rings (SSSR count). The first-order valence-electron chi connectivity index (χ1n) is 15.7. The van der Waals surface area contributed by atoms with Crippen molar-refractivity contribution in [3.8, 4) is 0 Å². The van der Waals surface area contributed by atoms with Crippen molar-refractivity contribution in [2.24, 2.45) is 11.8 Å². The number of hydrogen-bond donors (Lipinski definition) is 1. The average Bonchev–Trinajstić information content (AvgIpc) is 3.37. The van der Waals surface area contributed by atoms with E-state index in [9.17, 15) is 18.0 Å². The van der Waals surface area contributed by atoms with E-state index in [4.69, 9.17) is 4.74 Å². The van der Waals surface area contributed by atoms with E-state index in [2.05, 4.69) is 22.3 Å². The average molecular weight is 653 g/mol. The number of carbonyl (C=O) groups is 2. The van der Waals surface area contributed by atoms with E-state index in [0.717, 1.165) is 30.0 Å². The molecule has 9 nitrogen and oxygen atoms in total. The van der Waals surface area contributed by atoms with Crippen LogP contribution in [0.5, 0.6) is 0 Å². The molecule has 0 bridgehead atoms. The number of rotatable bonds is 11. The van der Waals surface area contributed by atoms with Crippen molar-refractivity contribution in [3.63, 3.8) is 0 Å². The van der Waals surface area contributed by atoms with E-state index >= 15 is 0 Å². The molecule has 45 heavy (non-hydrogen) atoms. The Balaban J connectivity index is 1.38. The summed E-state index contributed by atoms with van der Waals surface area (Å²) in [6, 6.07) is 16.4. The summed E-state index contributed by atoms with van der Waals surface area (Å²) in [5.41, 5.74) is 3.14. The molecular weight excluding hydrogens is 609 g/mol. The summed E-state index contributed by atoms with van der Waals surface area (Å²) in [7, 11) is -3.71. The second-order valence-corrected chi connectivity index (χ2v) is 15.7. The van der Waals surface area contributed by atoms with Gasteiger partial charge in [-0.25, -0.2) is 8.42 Å². The maximum Gasteiger partial charge on any atom is 0.257 e. The Morgan fingerprint density at radius 1 is 0.933 bits per heavy atom. The molecule has 1 aromatic heterocycles. The minimum Gasteiger partial charge on any atom is -0.378 e. The first kappa shape index (κ1) is 33.3. The number of fused-ring (bicyclic) bond motifs is 1. The van der Waals surface area contributed by atoms with Gasteiger partial charge in [0.2, 0.25) is 10.0 Å². The zero-order chi connectivity index (χ0) is 32.1. The highest BCUT2D eigenvalue weighted by atomic mass is 32.2. The van der Waals surface area contributed by atoms with Gasteiger partial charge in [0.15, 0.2) is 0 Å². The fourth-order valence-electron chi connectivity index (χ4n) is 5.86. The number of thiophene rings is 1. The molecule has 1 saturated heterocycles. The van der Waals surface area contributed by atoms with Crippen molar-refractivity contribution in [2.75, 3.05) is 51.3 Å². The quantitative estimate of drug-likeness (QED) is 0.301. The first-order chi connectivity index (χ1) is 21.5. The number of ether oxygens (including phenoxy) is 1. The maximum atomic E-state index is 13.9. The lowest BCUT2D eigenvalue weighted by molar-refractivity contribution is 0.0302. The lowest BCUT2D eigenvalue weighted by Gasteiger charge is -2.29. The smallest absolute Gasteiger partial charge is 0.257 e. The highest BCUT2D eigenvalue weighted by Crippen LogP contribution is 2.39. The van der Waals surface area contributed by atoms with Gasteiger partial charge in [-0.2, -0.15) is 4.31 Å². The van der Waals surface area contributed by atoms with Crippen LogP contribution in [0.4, 0.5) is 5.00 Å². The van der Waals surface area contributed by atoms with Crippen molar-refractivity contribution in [1.82, 2.24) is 14.1 Å². The van der Waals surface area contributed by atoms with E-state index in [1.165, 1.54) is 33.3 Å². The van der Waals surface area contributed by atoms with Gasteiger partial charge in [-0.1, -0.05) is 58.0 Å². The molecule has 0 aliphatic carbocycles. The molecule has 1 N–H and O–H groups in total. The van der Waals surface area contributed by atoms with Gasteiger partial charge in [-0.3, -0.25) is 14.5 Å². The summed E-state index contributed by atoms with van der Waals surface area (Å²) in [6.07, 6.45) is 0.718. The second-order valence-electron chi connectivity index (χ2n) is 12.6. The third-order valence-electron chi connectivity index (χ3n) is 8.02. The van der Waals surface area contributed by atoms with Crippen LogP contribution in [0.25, 0.3) is 0 Å². The third kappa shape index (κ3) is 8.01. The molecule has 11 heteroatoms. The number of nitrogens with zero attached hydrogens (tertiary/aromatic N) is 3. The summed E-state index contributed by atoms with van der Waals surface area (Å²) in [4.78, 5) is 32.8.